The standard InChI is InChI=1S/C14H19NO2S/c16-14(13-4-2-1-3-5-13)12-18-11-8-15-6-9-17-10-7-15/h1-5H,6-12H2. The van der Waals surface area contributed by atoms with Gasteiger partial charge in [0.15, 0.2) is 5.78 Å². The van der Waals surface area contributed by atoms with Gasteiger partial charge in [-0.05, 0) is 0 Å². The van der Waals surface area contributed by atoms with Gasteiger partial charge in [0.25, 0.3) is 0 Å². The summed E-state index contributed by atoms with van der Waals surface area (Å²) in [6.07, 6.45) is 0. The molecule has 1 aromatic rings. The lowest BCUT2D eigenvalue weighted by atomic mass is 10.2. The van der Waals surface area contributed by atoms with Gasteiger partial charge in [-0.2, -0.15) is 11.8 Å². The number of ether oxygens (including phenoxy) is 1. The van der Waals surface area contributed by atoms with E-state index < -0.39 is 0 Å². The zero-order chi connectivity index (χ0) is 12.6. The molecule has 98 valence electrons. The van der Waals surface area contributed by atoms with Crippen LogP contribution in [0.2, 0.25) is 0 Å². The number of rotatable bonds is 6. The van der Waals surface area contributed by atoms with Gasteiger partial charge < -0.3 is 4.74 Å². The lowest BCUT2D eigenvalue weighted by Gasteiger charge is -2.26. The van der Waals surface area contributed by atoms with Crippen LogP contribution in [-0.2, 0) is 4.74 Å². The van der Waals surface area contributed by atoms with Crippen molar-refractivity contribution in [2.45, 2.75) is 0 Å². The molecule has 18 heavy (non-hydrogen) atoms. The summed E-state index contributed by atoms with van der Waals surface area (Å²) in [5.41, 5.74) is 0.816. The summed E-state index contributed by atoms with van der Waals surface area (Å²) in [7, 11) is 0. The van der Waals surface area contributed by atoms with E-state index in [2.05, 4.69) is 4.90 Å². The third kappa shape index (κ3) is 4.44. The van der Waals surface area contributed by atoms with E-state index in [9.17, 15) is 4.79 Å². The van der Waals surface area contributed by atoms with E-state index in [1.54, 1.807) is 11.8 Å². The molecule has 0 N–H and O–H groups in total. The normalized spacial score (nSPS) is 16.7. The average Bonchev–Trinajstić information content (AvgIpc) is 2.45. The molecule has 1 saturated heterocycles. The maximum Gasteiger partial charge on any atom is 0.172 e. The van der Waals surface area contributed by atoms with Gasteiger partial charge in [0.2, 0.25) is 0 Å². The number of ketones is 1. The minimum Gasteiger partial charge on any atom is -0.379 e. The van der Waals surface area contributed by atoms with Crippen LogP contribution in [-0.4, -0.2) is 55.0 Å². The van der Waals surface area contributed by atoms with Gasteiger partial charge in [-0.3, -0.25) is 9.69 Å². The molecule has 0 amide bonds. The quantitative estimate of drug-likeness (QED) is 0.581. The third-order valence-corrected chi connectivity index (χ3v) is 3.92. The second-order valence-corrected chi connectivity index (χ2v) is 5.40. The van der Waals surface area contributed by atoms with Gasteiger partial charge in [-0.1, -0.05) is 30.3 Å². The minimum atomic E-state index is 0.225. The zero-order valence-electron chi connectivity index (χ0n) is 10.5. The first-order valence-electron chi connectivity index (χ1n) is 6.32. The number of nitrogens with zero attached hydrogens (tertiary/aromatic N) is 1. The first kappa shape index (κ1) is 13.6. The molecular weight excluding hydrogens is 246 g/mol. The van der Waals surface area contributed by atoms with Crippen molar-refractivity contribution in [2.75, 3.05) is 44.4 Å². The van der Waals surface area contributed by atoms with Crippen LogP contribution in [0.25, 0.3) is 0 Å². The van der Waals surface area contributed by atoms with Gasteiger partial charge >= 0.3 is 0 Å². The highest BCUT2D eigenvalue weighted by atomic mass is 32.2. The molecule has 3 nitrogen and oxygen atoms in total. The van der Waals surface area contributed by atoms with Gasteiger partial charge in [-0.25, -0.2) is 0 Å². The lowest BCUT2D eigenvalue weighted by molar-refractivity contribution is 0.0410. The van der Waals surface area contributed by atoms with Gasteiger partial charge in [0.1, 0.15) is 0 Å². The summed E-state index contributed by atoms with van der Waals surface area (Å²) in [5.74, 6) is 1.81. The first-order valence-corrected chi connectivity index (χ1v) is 7.48. The van der Waals surface area contributed by atoms with E-state index in [4.69, 9.17) is 4.74 Å². The summed E-state index contributed by atoms with van der Waals surface area (Å²) >= 11 is 1.72. The van der Waals surface area contributed by atoms with Crippen LogP contribution < -0.4 is 0 Å². The van der Waals surface area contributed by atoms with Crippen molar-refractivity contribution < 1.29 is 9.53 Å². The number of morpholine rings is 1. The Morgan fingerprint density at radius 2 is 1.94 bits per heavy atom. The van der Waals surface area contributed by atoms with Crippen LogP contribution in [0, 0.1) is 0 Å². The zero-order valence-corrected chi connectivity index (χ0v) is 11.3. The molecule has 0 spiro atoms. The van der Waals surface area contributed by atoms with Gasteiger partial charge in [-0.15, -0.1) is 0 Å². The van der Waals surface area contributed by atoms with E-state index in [-0.39, 0.29) is 5.78 Å². The van der Waals surface area contributed by atoms with E-state index >= 15 is 0 Å². The minimum absolute atomic E-state index is 0.225. The fourth-order valence-electron chi connectivity index (χ4n) is 1.89. The molecule has 0 bridgehead atoms. The fourth-order valence-corrected chi connectivity index (χ4v) is 2.77. The van der Waals surface area contributed by atoms with Crippen molar-refractivity contribution in [3.8, 4) is 0 Å². The van der Waals surface area contributed by atoms with Crippen LogP contribution in [0.4, 0.5) is 0 Å². The second-order valence-electron chi connectivity index (χ2n) is 4.30. The van der Waals surface area contributed by atoms with Crippen molar-refractivity contribution >= 4 is 17.5 Å². The number of benzene rings is 1. The summed E-state index contributed by atoms with van der Waals surface area (Å²) in [6.45, 7) is 4.78. The molecule has 1 fully saturated rings. The summed E-state index contributed by atoms with van der Waals surface area (Å²) in [6, 6.07) is 9.51. The lowest BCUT2D eigenvalue weighted by Crippen LogP contribution is -2.37. The summed E-state index contributed by atoms with van der Waals surface area (Å²) < 4.78 is 5.30. The second kappa shape index (κ2) is 7.56. The van der Waals surface area contributed by atoms with E-state index in [0.29, 0.717) is 5.75 Å². The summed E-state index contributed by atoms with van der Waals surface area (Å²) in [4.78, 5) is 14.2. The molecule has 0 unspecified atom stereocenters. The molecule has 0 radical (unpaired) electrons. The number of carbonyl (C=O) groups is 1. The molecule has 0 atom stereocenters. The Labute approximate surface area is 113 Å². The molecule has 1 heterocycles. The number of carbonyl (C=O) groups excluding carboxylic acids is 1. The number of hydrogen-bond donors (Lipinski definition) is 0. The Morgan fingerprint density at radius 1 is 1.22 bits per heavy atom. The number of Topliss-reactive ketones (excluding diaryl/α,β-unsaturated/α-hetero) is 1. The maximum absolute atomic E-state index is 11.8. The Balaban J connectivity index is 1.62. The van der Waals surface area contributed by atoms with Gasteiger partial charge in [0, 0.05) is 31.0 Å². The highest BCUT2D eigenvalue weighted by molar-refractivity contribution is 8.00. The van der Waals surface area contributed by atoms with Crippen LogP contribution in [0.5, 0.6) is 0 Å². The molecule has 2 rings (SSSR count). The van der Waals surface area contributed by atoms with Crippen LogP contribution in [0.3, 0.4) is 0 Å². The molecule has 0 saturated carbocycles. The number of hydrogen-bond acceptors (Lipinski definition) is 4. The molecule has 4 heteroatoms. The van der Waals surface area contributed by atoms with Crippen molar-refractivity contribution in [3.05, 3.63) is 35.9 Å². The predicted octanol–water partition coefficient (Wildman–Crippen LogP) is 1.93. The van der Waals surface area contributed by atoms with E-state index in [1.165, 1.54) is 0 Å². The van der Waals surface area contributed by atoms with Gasteiger partial charge in [0.05, 0.1) is 19.0 Å². The smallest absolute Gasteiger partial charge is 0.172 e. The predicted molar refractivity (Wildman–Crippen MR) is 75.4 cm³/mol. The average molecular weight is 265 g/mol. The van der Waals surface area contributed by atoms with Crippen molar-refractivity contribution in [1.82, 2.24) is 4.90 Å². The SMILES string of the molecule is O=C(CSCCN1CCOCC1)c1ccccc1. The molecule has 1 aromatic carbocycles. The molecule has 1 aliphatic rings. The molecular formula is C14H19NO2S. The molecule has 0 aliphatic carbocycles. The fraction of sp³-hybridized carbons (Fsp3) is 0.500. The van der Waals surface area contributed by atoms with Crippen molar-refractivity contribution in [1.29, 1.82) is 0 Å². The number of thioether (sulfide) groups is 1. The first-order chi connectivity index (χ1) is 8.86. The maximum atomic E-state index is 11.8. The highest BCUT2D eigenvalue weighted by Gasteiger charge is 2.10. The third-order valence-electron chi connectivity index (χ3n) is 2.98. The summed E-state index contributed by atoms with van der Waals surface area (Å²) in [5, 5.41) is 0. The van der Waals surface area contributed by atoms with E-state index in [1.807, 2.05) is 30.3 Å². The Morgan fingerprint density at radius 3 is 2.67 bits per heavy atom. The molecule has 0 aromatic heterocycles. The highest BCUT2D eigenvalue weighted by Crippen LogP contribution is 2.08. The topological polar surface area (TPSA) is 29.5 Å². The Bertz CT molecular complexity index is 363. The van der Waals surface area contributed by atoms with Crippen LogP contribution in [0.15, 0.2) is 30.3 Å². The van der Waals surface area contributed by atoms with Crippen LogP contribution >= 0.6 is 11.8 Å². The van der Waals surface area contributed by atoms with Crippen LogP contribution in [0.1, 0.15) is 10.4 Å². The largest absolute Gasteiger partial charge is 0.379 e. The Kier molecular flexibility index (Phi) is 5.71. The Hall–Kier alpha value is -0.840. The monoisotopic (exact) mass is 265 g/mol. The molecule has 1 aliphatic heterocycles. The van der Waals surface area contributed by atoms with Crippen molar-refractivity contribution in [3.63, 3.8) is 0 Å². The van der Waals surface area contributed by atoms with Crippen molar-refractivity contribution in [2.24, 2.45) is 0 Å². The van der Waals surface area contributed by atoms with E-state index in [0.717, 1.165) is 44.2 Å².